The van der Waals surface area contributed by atoms with Crippen molar-refractivity contribution >= 4 is 0 Å². The zero-order valence-corrected chi connectivity index (χ0v) is 8.30. The van der Waals surface area contributed by atoms with Gasteiger partial charge in [0.2, 0.25) is 0 Å². The van der Waals surface area contributed by atoms with E-state index in [2.05, 4.69) is 4.98 Å². The normalized spacial score (nSPS) is 10.4. The Morgan fingerprint density at radius 1 is 1.60 bits per heavy atom. The topological polar surface area (TPSA) is 62.7 Å². The van der Waals surface area contributed by atoms with Crippen molar-refractivity contribution in [1.29, 1.82) is 5.26 Å². The number of aromatic nitrogens is 1. The molecule has 0 aliphatic carbocycles. The highest BCUT2D eigenvalue weighted by Gasteiger charge is 2.17. The van der Waals surface area contributed by atoms with Crippen molar-refractivity contribution in [2.24, 2.45) is 5.73 Å². The van der Waals surface area contributed by atoms with Crippen LogP contribution in [0.5, 0.6) is 0 Å². The summed E-state index contributed by atoms with van der Waals surface area (Å²) >= 11 is 0. The minimum Gasteiger partial charge on any atom is -0.326 e. The van der Waals surface area contributed by atoms with Crippen LogP contribution in [0.1, 0.15) is 28.8 Å². The van der Waals surface area contributed by atoms with E-state index >= 15 is 0 Å². The minimum atomic E-state index is -2.63. The summed E-state index contributed by atoms with van der Waals surface area (Å²) in [5.41, 5.74) is 6.76. The third-order valence-corrected chi connectivity index (χ3v) is 2.28. The molecule has 0 unspecified atom stereocenters. The van der Waals surface area contributed by atoms with Gasteiger partial charge in [-0.1, -0.05) is 0 Å². The van der Waals surface area contributed by atoms with Gasteiger partial charge < -0.3 is 5.73 Å². The zero-order chi connectivity index (χ0) is 11.4. The number of rotatable bonds is 3. The summed E-state index contributed by atoms with van der Waals surface area (Å²) in [5.74, 6) is 0. The number of nitrogens with two attached hydrogens (primary N) is 1. The van der Waals surface area contributed by atoms with Crippen LogP contribution in [-0.4, -0.2) is 4.98 Å². The van der Waals surface area contributed by atoms with Crippen LogP contribution in [0.4, 0.5) is 8.78 Å². The largest absolute Gasteiger partial charge is 0.326 e. The minimum absolute atomic E-state index is 0.0117. The first-order valence-corrected chi connectivity index (χ1v) is 4.44. The van der Waals surface area contributed by atoms with Crippen LogP contribution in [0.2, 0.25) is 0 Å². The zero-order valence-electron chi connectivity index (χ0n) is 8.30. The van der Waals surface area contributed by atoms with E-state index in [0.29, 0.717) is 16.7 Å². The molecule has 3 nitrogen and oxygen atoms in total. The van der Waals surface area contributed by atoms with Crippen molar-refractivity contribution in [2.45, 2.75) is 26.3 Å². The molecule has 0 amide bonds. The van der Waals surface area contributed by atoms with Crippen molar-refractivity contribution in [3.63, 3.8) is 0 Å². The lowest BCUT2D eigenvalue weighted by molar-refractivity contribution is 0.144. The first kappa shape index (κ1) is 11.5. The molecule has 0 aromatic carbocycles. The Hall–Kier alpha value is -1.54. The van der Waals surface area contributed by atoms with E-state index in [1.54, 1.807) is 6.92 Å². The lowest BCUT2D eigenvalue weighted by Gasteiger charge is -2.11. The second kappa shape index (κ2) is 4.80. The van der Waals surface area contributed by atoms with Crippen LogP contribution < -0.4 is 5.73 Å². The van der Waals surface area contributed by atoms with E-state index in [-0.39, 0.29) is 18.7 Å². The van der Waals surface area contributed by atoms with Gasteiger partial charge in [0.1, 0.15) is 5.69 Å². The highest BCUT2D eigenvalue weighted by atomic mass is 19.3. The van der Waals surface area contributed by atoms with Gasteiger partial charge in [0, 0.05) is 12.7 Å². The molecule has 0 spiro atoms. The number of nitriles is 1. The van der Waals surface area contributed by atoms with Gasteiger partial charge in [0.05, 0.1) is 12.5 Å². The molecular weight excluding hydrogens is 200 g/mol. The molecule has 2 N–H and O–H groups in total. The number of nitrogens with zero attached hydrogens (tertiary/aromatic N) is 2. The quantitative estimate of drug-likeness (QED) is 0.829. The lowest BCUT2D eigenvalue weighted by Crippen LogP contribution is -2.09. The molecule has 15 heavy (non-hydrogen) atoms. The molecule has 0 radical (unpaired) electrons. The van der Waals surface area contributed by atoms with Crippen LogP contribution >= 0.6 is 0 Å². The molecule has 0 saturated carbocycles. The number of hydrogen-bond donors (Lipinski definition) is 1. The Bertz CT molecular complexity index is 396. The Balaban J connectivity index is 3.27. The van der Waals surface area contributed by atoms with Gasteiger partial charge in [-0.15, -0.1) is 0 Å². The Kier molecular flexibility index (Phi) is 3.69. The molecule has 0 aliphatic heterocycles. The lowest BCUT2D eigenvalue weighted by atomic mass is 10.0. The summed E-state index contributed by atoms with van der Waals surface area (Å²) in [6, 6.07) is 1.96. The fraction of sp³-hybridized carbons (Fsp3) is 0.400. The summed E-state index contributed by atoms with van der Waals surface area (Å²) in [6.07, 6.45) is -1.15. The maximum Gasteiger partial charge on any atom is 0.280 e. The van der Waals surface area contributed by atoms with Crippen molar-refractivity contribution in [1.82, 2.24) is 4.98 Å². The van der Waals surface area contributed by atoms with Gasteiger partial charge in [0.25, 0.3) is 6.43 Å². The summed E-state index contributed by atoms with van der Waals surface area (Å²) < 4.78 is 25.1. The third kappa shape index (κ3) is 2.28. The summed E-state index contributed by atoms with van der Waals surface area (Å²) in [4.78, 5) is 3.65. The van der Waals surface area contributed by atoms with Crippen LogP contribution in [0.15, 0.2) is 6.20 Å². The van der Waals surface area contributed by atoms with Crippen molar-refractivity contribution < 1.29 is 8.78 Å². The Labute approximate surface area is 86.5 Å². The van der Waals surface area contributed by atoms with E-state index in [1.807, 2.05) is 6.07 Å². The van der Waals surface area contributed by atoms with Gasteiger partial charge in [-0.3, -0.25) is 4.98 Å². The molecule has 1 aromatic heterocycles. The summed E-state index contributed by atoms with van der Waals surface area (Å²) in [7, 11) is 0. The first-order chi connectivity index (χ1) is 7.11. The second-order valence-electron chi connectivity index (χ2n) is 3.11. The molecular formula is C10H11F2N3. The number of pyridine rings is 1. The molecule has 0 aliphatic rings. The van der Waals surface area contributed by atoms with E-state index < -0.39 is 6.43 Å². The van der Waals surface area contributed by atoms with Crippen LogP contribution in [0.3, 0.4) is 0 Å². The van der Waals surface area contributed by atoms with Gasteiger partial charge in [-0.05, 0) is 23.6 Å². The molecule has 0 fully saturated rings. The van der Waals surface area contributed by atoms with E-state index in [4.69, 9.17) is 11.0 Å². The molecule has 1 heterocycles. The summed E-state index contributed by atoms with van der Waals surface area (Å²) in [6.45, 7) is 1.69. The molecule has 5 heteroatoms. The van der Waals surface area contributed by atoms with Crippen LogP contribution in [-0.2, 0) is 13.0 Å². The maximum absolute atomic E-state index is 12.5. The SMILES string of the molecule is Cc1c(CC#N)cnc(C(F)F)c1CN. The highest BCUT2D eigenvalue weighted by Crippen LogP contribution is 2.24. The molecule has 80 valence electrons. The predicted octanol–water partition coefficient (Wildman–Crippen LogP) is 1.85. The molecule has 0 atom stereocenters. The number of alkyl halides is 2. The fourth-order valence-corrected chi connectivity index (χ4v) is 1.42. The van der Waals surface area contributed by atoms with Crippen molar-refractivity contribution in [3.8, 4) is 6.07 Å². The standard InChI is InChI=1S/C10H11F2N3/c1-6-7(2-3-13)5-15-9(10(11)12)8(6)4-14/h5,10H,2,4,14H2,1H3. The third-order valence-electron chi connectivity index (χ3n) is 2.28. The van der Waals surface area contributed by atoms with Gasteiger partial charge in [0.15, 0.2) is 0 Å². The predicted molar refractivity (Wildman–Crippen MR) is 51.1 cm³/mol. The maximum atomic E-state index is 12.5. The first-order valence-electron chi connectivity index (χ1n) is 4.44. The molecule has 0 bridgehead atoms. The van der Waals surface area contributed by atoms with Gasteiger partial charge in [-0.2, -0.15) is 5.26 Å². The average Bonchev–Trinajstić information content (AvgIpc) is 2.20. The van der Waals surface area contributed by atoms with Gasteiger partial charge in [-0.25, -0.2) is 8.78 Å². The smallest absolute Gasteiger partial charge is 0.280 e. The monoisotopic (exact) mass is 211 g/mol. The molecule has 1 aromatic rings. The number of halogens is 2. The Morgan fingerprint density at radius 3 is 2.73 bits per heavy atom. The fourth-order valence-electron chi connectivity index (χ4n) is 1.42. The van der Waals surface area contributed by atoms with E-state index in [9.17, 15) is 8.78 Å². The summed E-state index contributed by atoms with van der Waals surface area (Å²) in [5, 5.41) is 8.53. The second-order valence-corrected chi connectivity index (χ2v) is 3.11. The van der Waals surface area contributed by atoms with Crippen LogP contribution in [0.25, 0.3) is 0 Å². The van der Waals surface area contributed by atoms with Crippen LogP contribution in [0, 0.1) is 18.3 Å². The Morgan fingerprint density at radius 2 is 2.27 bits per heavy atom. The van der Waals surface area contributed by atoms with E-state index in [1.165, 1.54) is 6.20 Å². The average molecular weight is 211 g/mol. The van der Waals surface area contributed by atoms with Crippen molar-refractivity contribution in [2.75, 3.05) is 0 Å². The molecule has 1 rings (SSSR count). The van der Waals surface area contributed by atoms with E-state index in [0.717, 1.165) is 0 Å². The number of hydrogen-bond acceptors (Lipinski definition) is 3. The van der Waals surface area contributed by atoms with Gasteiger partial charge >= 0.3 is 0 Å². The highest BCUT2D eigenvalue weighted by molar-refractivity contribution is 5.37. The van der Waals surface area contributed by atoms with Crippen molar-refractivity contribution in [3.05, 3.63) is 28.6 Å². The molecule has 0 saturated heterocycles.